The number of halogens is 2. The van der Waals surface area contributed by atoms with Crippen LogP contribution >= 0.6 is 27.5 Å². The number of likely N-dealkylation sites (tertiary alicyclic amines) is 1. The molecular formula is C16H21BrClNO2. The Kier molecular flexibility index (Phi) is 6.52. The van der Waals surface area contributed by atoms with Crippen molar-refractivity contribution in [1.82, 2.24) is 4.90 Å². The molecule has 0 amide bonds. The van der Waals surface area contributed by atoms with Gasteiger partial charge in [-0.05, 0) is 66.5 Å². The van der Waals surface area contributed by atoms with Gasteiger partial charge in [-0.3, -0.25) is 9.69 Å². The van der Waals surface area contributed by atoms with Crippen LogP contribution in [0.1, 0.15) is 44.2 Å². The molecule has 0 saturated carbocycles. The Bertz CT molecular complexity index is 489. The predicted molar refractivity (Wildman–Crippen MR) is 88.6 cm³/mol. The van der Waals surface area contributed by atoms with Crippen molar-refractivity contribution in [3.8, 4) is 0 Å². The van der Waals surface area contributed by atoms with Crippen LogP contribution in [0.4, 0.5) is 0 Å². The third kappa shape index (κ3) is 4.70. The van der Waals surface area contributed by atoms with Crippen LogP contribution in [-0.2, 0) is 9.53 Å². The molecule has 1 fully saturated rings. The number of benzene rings is 1. The Balaban J connectivity index is 2.20. The number of nitrogens with zero attached hydrogens (tertiary/aromatic N) is 1. The van der Waals surface area contributed by atoms with Crippen molar-refractivity contribution in [2.75, 3.05) is 19.7 Å². The van der Waals surface area contributed by atoms with Gasteiger partial charge in [0.05, 0.1) is 18.1 Å². The summed E-state index contributed by atoms with van der Waals surface area (Å²) in [5.41, 5.74) is 1.08. The summed E-state index contributed by atoms with van der Waals surface area (Å²) in [6, 6.07) is 5.98. The third-order valence-electron chi connectivity index (χ3n) is 3.83. The first-order valence-electron chi connectivity index (χ1n) is 7.46. The van der Waals surface area contributed by atoms with Crippen molar-refractivity contribution in [3.63, 3.8) is 0 Å². The van der Waals surface area contributed by atoms with Crippen molar-refractivity contribution in [3.05, 3.63) is 33.3 Å². The minimum Gasteiger partial charge on any atom is -0.466 e. The van der Waals surface area contributed by atoms with Gasteiger partial charge in [0.2, 0.25) is 0 Å². The van der Waals surface area contributed by atoms with Crippen molar-refractivity contribution in [2.24, 2.45) is 0 Å². The van der Waals surface area contributed by atoms with Gasteiger partial charge in [0.1, 0.15) is 0 Å². The molecule has 0 radical (unpaired) electrons. The number of esters is 1. The van der Waals surface area contributed by atoms with Gasteiger partial charge in [-0.1, -0.05) is 24.1 Å². The summed E-state index contributed by atoms with van der Waals surface area (Å²) in [5, 5.41) is 0.679. The summed E-state index contributed by atoms with van der Waals surface area (Å²) in [6.45, 7) is 4.31. The lowest BCUT2D eigenvalue weighted by molar-refractivity contribution is -0.144. The van der Waals surface area contributed by atoms with Gasteiger partial charge in [0.15, 0.2) is 0 Å². The van der Waals surface area contributed by atoms with Crippen LogP contribution in [0.15, 0.2) is 22.7 Å². The average Bonchev–Trinajstić information content (AvgIpc) is 2.49. The third-order valence-corrected chi connectivity index (χ3v) is 5.06. The molecule has 3 nitrogen and oxygen atoms in total. The highest BCUT2D eigenvalue weighted by molar-refractivity contribution is 9.10. The normalized spacial score (nSPS) is 17.5. The molecule has 1 heterocycles. The second kappa shape index (κ2) is 8.16. The van der Waals surface area contributed by atoms with Crippen LogP contribution in [-0.4, -0.2) is 30.6 Å². The molecule has 2 rings (SSSR count). The fourth-order valence-electron chi connectivity index (χ4n) is 2.79. The second-order valence-corrected chi connectivity index (χ2v) is 6.56. The minimum absolute atomic E-state index is 0.0509. The van der Waals surface area contributed by atoms with Crippen LogP contribution < -0.4 is 0 Å². The van der Waals surface area contributed by atoms with E-state index in [4.69, 9.17) is 16.3 Å². The van der Waals surface area contributed by atoms with Crippen LogP contribution in [0.2, 0.25) is 5.02 Å². The highest BCUT2D eigenvalue weighted by Crippen LogP contribution is 2.32. The van der Waals surface area contributed by atoms with Gasteiger partial charge in [-0.2, -0.15) is 0 Å². The van der Waals surface area contributed by atoms with Gasteiger partial charge in [0.25, 0.3) is 0 Å². The van der Waals surface area contributed by atoms with Crippen LogP contribution in [0.5, 0.6) is 0 Å². The van der Waals surface area contributed by atoms with Crippen LogP contribution in [0, 0.1) is 0 Å². The van der Waals surface area contributed by atoms with E-state index in [9.17, 15) is 4.79 Å². The number of ether oxygens (including phenoxy) is 1. The van der Waals surface area contributed by atoms with Crippen molar-refractivity contribution in [2.45, 2.75) is 38.6 Å². The molecule has 1 atom stereocenters. The quantitative estimate of drug-likeness (QED) is 0.706. The summed E-state index contributed by atoms with van der Waals surface area (Å²) in [4.78, 5) is 14.3. The zero-order chi connectivity index (χ0) is 15.2. The van der Waals surface area contributed by atoms with E-state index in [1.54, 1.807) is 0 Å². The molecule has 0 aliphatic carbocycles. The number of piperidine rings is 1. The lowest BCUT2D eigenvalue weighted by Gasteiger charge is -2.34. The number of hydrogen-bond acceptors (Lipinski definition) is 3. The molecular weight excluding hydrogens is 354 g/mol. The molecule has 1 aromatic rings. The molecule has 1 aliphatic heterocycles. The van der Waals surface area contributed by atoms with Gasteiger partial charge >= 0.3 is 5.97 Å². The number of carbonyl (C=O) groups is 1. The Morgan fingerprint density at radius 2 is 2.10 bits per heavy atom. The van der Waals surface area contributed by atoms with Gasteiger partial charge in [-0.15, -0.1) is 0 Å². The Morgan fingerprint density at radius 1 is 1.38 bits per heavy atom. The highest BCUT2D eigenvalue weighted by Gasteiger charge is 2.25. The van der Waals surface area contributed by atoms with Crippen LogP contribution in [0.3, 0.4) is 0 Å². The first-order valence-corrected chi connectivity index (χ1v) is 8.63. The van der Waals surface area contributed by atoms with Crippen molar-refractivity contribution < 1.29 is 9.53 Å². The Hall–Kier alpha value is -0.580. The first kappa shape index (κ1) is 16.8. The van der Waals surface area contributed by atoms with E-state index in [0.29, 0.717) is 18.1 Å². The molecule has 5 heteroatoms. The van der Waals surface area contributed by atoms with Gasteiger partial charge in [-0.25, -0.2) is 0 Å². The lowest BCUT2D eigenvalue weighted by Crippen LogP contribution is -2.35. The maximum absolute atomic E-state index is 11.9. The van der Waals surface area contributed by atoms with E-state index in [0.717, 1.165) is 23.1 Å². The van der Waals surface area contributed by atoms with Crippen molar-refractivity contribution in [1.29, 1.82) is 0 Å². The summed E-state index contributed by atoms with van der Waals surface area (Å²) >= 11 is 9.63. The molecule has 1 saturated heterocycles. The zero-order valence-corrected chi connectivity index (χ0v) is 14.6. The molecule has 1 aromatic carbocycles. The SMILES string of the molecule is CCOC(=O)CC(c1ccc(Br)c(Cl)c1)N1CCCCC1. The molecule has 0 aromatic heterocycles. The van der Waals surface area contributed by atoms with E-state index in [2.05, 4.69) is 20.8 Å². The summed E-state index contributed by atoms with van der Waals surface area (Å²) in [7, 11) is 0. The molecule has 1 aliphatic rings. The van der Waals surface area contributed by atoms with Gasteiger partial charge < -0.3 is 4.74 Å². The first-order chi connectivity index (χ1) is 10.1. The number of carbonyl (C=O) groups excluding carboxylic acids is 1. The Morgan fingerprint density at radius 3 is 2.71 bits per heavy atom. The molecule has 1 unspecified atom stereocenters. The van der Waals surface area contributed by atoms with E-state index in [1.807, 2.05) is 25.1 Å². The largest absolute Gasteiger partial charge is 0.466 e. The second-order valence-electron chi connectivity index (χ2n) is 5.30. The summed E-state index contributed by atoms with van der Waals surface area (Å²) < 4.78 is 6.01. The smallest absolute Gasteiger partial charge is 0.307 e. The lowest BCUT2D eigenvalue weighted by atomic mass is 9.99. The predicted octanol–water partition coefficient (Wildman–Crippen LogP) is 4.58. The minimum atomic E-state index is -0.146. The van der Waals surface area contributed by atoms with E-state index < -0.39 is 0 Å². The van der Waals surface area contributed by atoms with Crippen LogP contribution in [0.25, 0.3) is 0 Å². The van der Waals surface area contributed by atoms with E-state index in [1.165, 1.54) is 19.3 Å². The maximum atomic E-state index is 11.9. The molecule has 116 valence electrons. The molecule has 0 N–H and O–H groups in total. The maximum Gasteiger partial charge on any atom is 0.307 e. The molecule has 0 bridgehead atoms. The fraction of sp³-hybridized carbons (Fsp3) is 0.562. The van der Waals surface area contributed by atoms with E-state index >= 15 is 0 Å². The molecule has 0 spiro atoms. The van der Waals surface area contributed by atoms with Gasteiger partial charge in [0, 0.05) is 10.5 Å². The monoisotopic (exact) mass is 373 g/mol. The van der Waals surface area contributed by atoms with Crippen molar-refractivity contribution >= 4 is 33.5 Å². The number of rotatable bonds is 5. The number of hydrogen-bond donors (Lipinski definition) is 0. The molecule has 21 heavy (non-hydrogen) atoms. The zero-order valence-electron chi connectivity index (χ0n) is 12.3. The highest BCUT2D eigenvalue weighted by atomic mass is 79.9. The summed E-state index contributed by atoms with van der Waals surface area (Å²) in [5.74, 6) is -0.146. The summed E-state index contributed by atoms with van der Waals surface area (Å²) in [6.07, 6.45) is 4.02. The fourth-order valence-corrected chi connectivity index (χ4v) is 3.22. The average molecular weight is 375 g/mol. The standard InChI is InChI=1S/C16H21BrClNO2/c1-2-21-16(20)11-15(19-8-4-3-5-9-19)12-6-7-13(17)14(18)10-12/h6-7,10,15H,2-5,8-9,11H2,1H3. The Labute approximate surface area is 139 Å². The van der Waals surface area contributed by atoms with E-state index in [-0.39, 0.29) is 12.0 Å². The topological polar surface area (TPSA) is 29.5 Å².